The van der Waals surface area contributed by atoms with E-state index in [2.05, 4.69) is 15.5 Å². The average molecular weight is 321 g/mol. The number of ether oxygens (including phenoxy) is 2. The predicted octanol–water partition coefficient (Wildman–Crippen LogP) is 2.59. The number of benzene rings is 2. The van der Waals surface area contributed by atoms with Crippen LogP contribution < -0.4 is 14.9 Å². The fraction of sp³-hybridized carbons (Fsp3) is 0.111. The first kappa shape index (κ1) is 14.3. The minimum absolute atomic E-state index is 0.170. The van der Waals surface area contributed by atoms with Crippen LogP contribution in [-0.4, -0.2) is 23.9 Å². The van der Waals surface area contributed by atoms with E-state index in [1.807, 2.05) is 48.7 Å². The van der Waals surface area contributed by atoms with Crippen LogP contribution in [0, 0.1) is 0 Å². The number of carbonyl (C=O) groups is 1. The van der Waals surface area contributed by atoms with Crippen LogP contribution in [-0.2, 0) is 11.2 Å². The summed E-state index contributed by atoms with van der Waals surface area (Å²) < 4.78 is 10.6. The van der Waals surface area contributed by atoms with Crippen molar-refractivity contribution in [2.45, 2.75) is 6.42 Å². The van der Waals surface area contributed by atoms with Gasteiger partial charge in [0.2, 0.25) is 12.7 Å². The van der Waals surface area contributed by atoms with Crippen LogP contribution in [0.5, 0.6) is 11.5 Å². The molecule has 1 aliphatic heterocycles. The lowest BCUT2D eigenvalue weighted by Gasteiger charge is -2.00. The highest BCUT2D eigenvalue weighted by molar-refractivity contribution is 5.89. The monoisotopic (exact) mass is 321 g/mol. The molecule has 0 atom stereocenters. The number of aromatic nitrogens is 1. The predicted molar refractivity (Wildman–Crippen MR) is 90.3 cm³/mol. The third-order valence-corrected chi connectivity index (χ3v) is 3.83. The second-order valence-electron chi connectivity index (χ2n) is 5.44. The molecule has 6 heteroatoms. The van der Waals surface area contributed by atoms with Crippen molar-refractivity contribution in [2.75, 3.05) is 6.79 Å². The summed E-state index contributed by atoms with van der Waals surface area (Å²) in [6.45, 7) is 0.233. The molecule has 2 aromatic carbocycles. The zero-order chi connectivity index (χ0) is 16.4. The zero-order valence-electron chi connectivity index (χ0n) is 12.8. The summed E-state index contributed by atoms with van der Waals surface area (Å²) in [5, 5.41) is 5.05. The van der Waals surface area contributed by atoms with Crippen molar-refractivity contribution < 1.29 is 14.3 Å². The smallest absolute Gasteiger partial charge is 0.244 e. The fourth-order valence-corrected chi connectivity index (χ4v) is 2.66. The molecule has 0 unspecified atom stereocenters. The number of carbonyl (C=O) groups excluding carboxylic acids is 1. The highest BCUT2D eigenvalue weighted by Crippen LogP contribution is 2.31. The Morgan fingerprint density at radius 3 is 3.04 bits per heavy atom. The quantitative estimate of drug-likeness (QED) is 0.573. The van der Waals surface area contributed by atoms with Crippen LogP contribution in [0.3, 0.4) is 0 Å². The van der Waals surface area contributed by atoms with E-state index in [9.17, 15) is 4.79 Å². The Hall–Kier alpha value is -3.28. The molecule has 0 aliphatic carbocycles. The molecule has 0 radical (unpaired) electrons. The second-order valence-corrected chi connectivity index (χ2v) is 5.44. The van der Waals surface area contributed by atoms with Gasteiger partial charge < -0.3 is 14.5 Å². The van der Waals surface area contributed by atoms with Crippen LogP contribution >= 0.6 is 0 Å². The van der Waals surface area contributed by atoms with Crippen molar-refractivity contribution >= 4 is 23.0 Å². The van der Waals surface area contributed by atoms with E-state index >= 15 is 0 Å². The first-order chi connectivity index (χ1) is 11.8. The minimum atomic E-state index is -0.170. The van der Waals surface area contributed by atoms with Crippen molar-refractivity contribution in [1.82, 2.24) is 10.4 Å². The van der Waals surface area contributed by atoms with Gasteiger partial charge in [-0.25, -0.2) is 5.43 Å². The Labute approximate surface area is 138 Å². The molecular weight excluding hydrogens is 306 g/mol. The summed E-state index contributed by atoms with van der Waals surface area (Å²) in [5.41, 5.74) is 5.34. The molecule has 120 valence electrons. The largest absolute Gasteiger partial charge is 0.454 e. The molecule has 24 heavy (non-hydrogen) atoms. The summed E-state index contributed by atoms with van der Waals surface area (Å²) >= 11 is 0. The summed E-state index contributed by atoms with van der Waals surface area (Å²) in [6, 6.07) is 13.4. The highest BCUT2D eigenvalue weighted by Gasteiger charge is 2.12. The lowest BCUT2D eigenvalue weighted by molar-refractivity contribution is -0.120. The minimum Gasteiger partial charge on any atom is -0.454 e. The van der Waals surface area contributed by atoms with E-state index in [0.717, 1.165) is 27.8 Å². The number of H-pyrrole nitrogens is 1. The molecule has 1 aromatic heterocycles. The zero-order valence-corrected chi connectivity index (χ0v) is 12.8. The Balaban J connectivity index is 1.39. The first-order valence-electron chi connectivity index (χ1n) is 7.56. The highest BCUT2D eigenvalue weighted by atomic mass is 16.7. The van der Waals surface area contributed by atoms with E-state index in [0.29, 0.717) is 5.75 Å². The topological polar surface area (TPSA) is 75.7 Å². The number of rotatable bonds is 4. The van der Waals surface area contributed by atoms with Gasteiger partial charge in [-0.1, -0.05) is 18.2 Å². The molecule has 2 heterocycles. The maximum absolute atomic E-state index is 12.0. The van der Waals surface area contributed by atoms with Crippen LogP contribution in [0.25, 0.3) is 10.9 Å². The van der Waals surface area contributed by atoms with Gasteiger partial charge in [0, 0.05) is 17.1 Å². The molecule has 4 rings (SSSR count). The Morgan fingerprint density at radius 1 is 1.21 bits per heavy atom. The maximum Gasteiger partial charge on any atom is 0.244 e. The lowest BCUT2D eigenvalue weighted by atomic mass is 10.1. The van der Waals surface area contributed by atoms with Crippen molar-refractivity contribution in [1.29, 1.82) is 0 Å². The molecular formula is C18H15N3O3. The lowest BCUT2D eigenvalue weighted by Crippen LogP contribution is -2.19. The normalized spacial score (nSPS) is 12.8. The van der Waals surface area contributed by atoms with Gasteiger partial charge in [-0.3, -0.25) is 4.79 Å². The first-order valence-corrected chi connectivity index (χ1v) is 7.56. The van der Waals surface area contributed by atoms with Crippen LogP contribution in [0.4, 0.5) is 0 Å². The standard InChI is InChI=1S/C18H15N3O3/c22-18(8-13-10-19-15-4-2-1-3-14(13)15)21-20-9-12-5-6-16-17(7-12)24-11-23-16/h1-7,9-10,19H,8,11H2,(H,21,22)/b20-9+. The SMILES string of the molecule is O=C(Cc1c[nH]c2ccccc12)N/N=C/c1ccc2c(c1)OCO2. The van der Waals surface area contributed by atoms with E-state index in [-0.39, 0.29) is 19.1 Å². The second kappa shape index (κ2) is 6.08. The molecule has 0 fully saturated rings. The van der Waals surface area contributed by atoms with E-state index in [4.69, 9.17) is 9.47 Å². The summed E-state index contributed by atoms with van der Waals surface area (Å²) in [5.74, 6) is 1.23. The summed E-state index contributed by atoms with van der Waals surface area (Å²) in [7, 11) is 0. The van der Waals surface area contributed by atoms with Gasteiger partial charge in [0.15, 0.2) is 11.5 Å². The Morgan fingerprint density at radius 2 is 2.08 bits per heavy atom. The van der Waals surface area contributed by atoms with Gasteiger partial charge in [-0.05, 0) is 35.4 Å². The van der Waals surface area contributed by atoms with Crippen molar-refractivity contribution in [2.24, 2.45) is 5.10 Å². The molecule has 1 amide bonds. The van der Waals surface area contributed by atoms with E-state index < -0.39 is 0 Å². The van der Waals surface area contributed by atoms with Gasteiger partial charge in [0.05, 0.1) is 12.6 Å². The van der Waals surface area contributed by atoms with Crippen LogP contribution in [0.1, 0.15) is 11.1 Å². The molecule has 0 bridgehead atoms. The average Bonchev–Trinajstić information content (AvgIpc) is 3.22. The number of hydrogen-bond acceptors (Lipinski definition) is 4. The number of fused-ring (bicyclic) bond motifs is 2. The number of nitrogens with one attached hydrogen (secondary N) is 2. The van der Waals surface area contributed by atoms with E-state index in [1.165, 1.54) is 0 Å². The number of amides is 1. The third-order valence-electron chi connectivity index (χ3n) is 3.83. The molecule has 1 aliphatic rings. The Bertz CT molecular complexity index is 930. The number of hydrazone groups is 1. The molecule has 0 saturated heterocycles. The van der Waals surface area contributed by atoms with Crippen molar-refractivity contribution in [3.8, 4) is 11.5 Å². The van der Waals surface area contributed by atoms with Crippen molar-refractivity contribution in [3.05, 3.63) is 59.8 Å². The summed E-state index contributed by atoms with van der Waals surface area (Å²) in [6.07, 6.45) is 3.70. The number of aromatic amines is 1. The fourth-order valence-electron chi connectivity index (χ4n) is 2.66. The molecule has 2 N–H and O–H groups in total. The van der Waals surface area contributed by atoms with E-state index in [1.54, 1.807) is 6.21 Å². The molecule has 3 aromatic rings. The van der Waals surface area contributed by atoms with Gasteiger partial charge >= 0.3 is 0 Å². The van der Waals surface area contributed by atoms with Crippen molar-refractivity contribution in [3.63, 3.8) is 0 Å². The van der Waals surface area contributed by atoms with Crippen LogP contribution in [0.2, 0.25) is 0 Å². The third kappa shape index (κ3) is 2.81. The summed E-state index contributed by atoms with van der Waals surface area (Å²) in [4.78, 5) is 15.2. The number of para-hydroxylation sites is 1. The van der Waals surface area contributed by atoms with Gasteiger partial charge in [-0.2, -0.15) is 5.10 Å². The molecule has 6 nitrogen and oxygen atoms in total. The molecule has 0 spiro atoms. The van der Waals surface area contributed by atoms with Gasteiger partial charge in [-0.15, -0.1) is 0 Å². The van der Waals surface area contributed by atoms with Gasteiger partial charge in [0.25, 0.3) is 0 Å². The Kier molecular flexibility index (Phi) is 3.63. The number of nitrogens with zero attached hydrogens (tertiary/aromatic N) is 1. The molecule has 0 saturated carbocycles. The van der Waals surface area contributed by atoms with Crippen LogP contribution in [0.15, 0.2) is 53.8 Å². The number of hydrogen-bond donors (Lipinski definition) is 2. The maximum atomic E-state index is 12.0. The van der Waals surface area contributed by atoms with Gasteiger partial charge in [0.1, 0.15) is 0 Å².